The van der Waals surface area contributed by atoms with E-state index in [2.05, 4.69) is 23.9 Å². The third kappa shape index (κ3) is 6.60. The molecule has 0 saturated heterocycles. The normalized spacial score (nSPS) is 10.6. The largest absolute Gasteiger partial charge is 0.317 e. The lowest BCUT2D eigenvalue weighted by molar-refractivity contribution is -0.385. The number of nitro benzene ring substituents is 1. The number of sulfonamides is 1. The zero-order chi connectivity index (χ0) is 15.6. The van der Waals surface area contributed by atoms with Gasteiger partial charge in [-0.2, -0.15) is 0 Å². The highest BCUT2D eigenvalue weighted by molar-refractivity contribution is 7.89. The van der Waals surface area contributed by atoms with Crippen LogP contribution in [0.2, 0.25) is 0 Å². The highest BCUT2D eigenvalue weighted by Crippen LogP contribution is 2.16. The molecule has 8 heteroatoms. The number of nitrogens with one attached hydrogen (secondary N) is 2. The lowest BCUT2D eigenvalue weighted by Gasteiger charge is -2.03. The number of nitrogens with zero attached hydrogens (tertiary/aromatic N) is 1. The molecule has 0 aromatic heterocycles. The van der Waals surface area contributed by atoms with Gasteiger partial charge < -0.3 is 5.32 Å². The summed E-state index contributed by atoms with van der Waals surface area (Å²) >= 11 is 0. The van der Waals surface area contributed by atoms with Gasteiger partial charge in [-0.1, -0.05) is 26.8 Å². The van der Waals surface area contributed by atoms with Crippen LogP contribution in [0, 0.1) is 10.1 Å². The van der Waals surface area contributed by atoms with E-state index in [1.807, 2.05) is 0 Å². The van der Waals surface area contributed by atoms with Crippen LogP contribution in [-0.2, 0) is 10.0 Å². The van der Waals surface area contributed by atoms with E-state index < -0.39 is 14.9 Å². The van der Waals surface area contributed by atoms with Crippen molar-refractivity contribution in [3.05, 3.63) is 34.4 Å². The number of benzene rings is 1. The van der Waals surface area contributed by atoms with E-state index in [0.29, 0.717) is 0 Å². The maximum Gasteiger partial charge on any atom is 0.270 e. The second-order valence-corrected chi connectivity index (χ2v) is 5.48. The second-order valence-electron chi connectivity index (χ2n) is 3.71. The van der Waals surface area contributed by atoms with Crippen molar-refractivity contribution in [2.45, 2.75) is 25.7 Å². The maximum atomic E-state index is 11.5. The lowest BCUT2D eigenvalue weighted by atomic mass is 10.3. The quantitative estimate of drug-likeness (QED) is 0.612. The van der Waals surface area contributed by atoms with Crippen LogP contribution in [0.5, 0.6) is 0 Å². The maximum absolute atomic E-state index is 11.5. The Hall–Kier alpha value is -1.51. The molecule has 1 aromatic rings. The molecule has 1 rings (SSSR count). The summed E-state index contributed by atoms with van der Waals surface area (Å²) in [4.78, 5) is 9.70. The van der Waals surface area contributed by atoms with E-state index in [0.717, 1.165) is 19.2 Å². The smallest absolute Gasteiger partial charge is 0.270 e. The molecule has 0 bridgehead atoms. The Labute approximate surface area is 119 Å². The topological polar surface area (TPSA) is 101 Å². The zero-order valence-corrected chi connectivity index (χ0v) is 12.7. The van der Waals surface area contributed by atoms with E-state index in [1.54, 1.807) is 6.92 Å². The highest BCUT2D eigenvalue weighted by atomic mass is 32.2. The molecule has 0 aliphatic rings. The van der Waals surface area contributed by atoms with Crippen LogP contribution in [0.1, 0.15) is 20.8 Å². The van der Waals surface area contributed by atoms with Gasteiger partial charge in [0.1, 0.15) is 0 Å². The summed E-state index contributed by atoms with van der Waals surface area (Å²) in [6, 6.07) is 4.91. The van der Waals surface area contributed by atoms with E-state index >= 15 is 0 Å². The molecule has 1 aromatic carbocycles. The molecule has 0 aliphatic carbocycles. The van der Waals surface area contributed by atoms with Gasteiger partial charge in [-0.25, -0.2) is 13.1 Å². The molecular weight excluding hydrogens is 282 g/mol. The van der Waals surface area contributed by atoms with Crippen molar-refractivity contribution >= 4 is 15.7 Å². The lowest BCUT2D eigenvalue weighted by Crippen LogP contribution is -2.23. The number of hydrogen-bond donors (Lipinski definition) is 2. The van der Waals surface area contributed by atoms with Gasteiger partial charge in [0.05, 0.1) is 9.82 Å². The van der Waals surface area contributed by atoms with Gasteiger partial charge in [-0.05, 0) is 19.2 Å². The van der Waals surface area contributed by atoms with E-state index in [9.17, 15) is 18.5 Å². The summed E-state index contributed by atoms with van der Waals surface area (Å²) in [5.74, 6) is 0. The zero-order valence-electron chi connectivity index (χ0n) is 11.9. The molecule has 0 aliphatic heterocycles. The first-order valence-corrected chi connectivity index (χ1v) is 7.82. The van der Waals surface area contributed by atoms with Crippen LogP contribution in [0.25, 0.3) is 0 Å². The molecule has 7 nitrogen and oxygen atoms in total. The van der Waals surface area contributed by atoms with Crippen molar-refractivity contribution < 1.29 is 13.3 Å². The van der Waals surface area contributed by atoms with E-state index in [-0.39, 0.29) is 17.1 Å². The Bertz CT molecular complexity index is 515. The minimum absolute atomic E-state index is 0.0986. The standard InChI is InChI=1S/C8H10N2O4S.C4H11N/c1-2-9-15(13,14)8-5-3-4-7(6-8)10(11)12;1-3-5-4-2/h3-6,9H,2H2,1H3;5H,3-4H2,1-2H3. The Balaban J connectivity index is 0.000000621. The fourth-order valence-corrected chi connectivity index (χ4v) is 2.37. The van der Waals surface area contributed by atoms with Gasteiger partial charge >= 0.3 is 0 Å². The van der Waals surface area contributed by atoms with Gasteiger partial charge in [0.25, 0.3) is 5.69 Å². The molecule has 0 saturated carbocycles. The van der Waals surface area contributed by atoms with Gasteiger partial charge in [0.15, 0.2) is 0 Å². The number of nitro groups is 1. The highest BCUT2D eigenvalue weighted by Gasteiger charge is 2.15. The molecule has 0 unspecified atom stereocenters. The molecule has 0 fully saturated rings. The Morgan fingerprint density at radius 1 is 1.15 bits per heavy atom. The molecule has 0 atom stereocenters. The van der Waals surface area contributed by atoms with Crippen LogP contribution in [0.3, 0.4) is 0 Å². The molecule has 0 heterocycles. The Morgan fingerprint density at radius 3 is 2.15 bits per heavy atom. The summed E-state index contributed by atoms with van der Waals surface area (Å²) in [6.07, 6.45) is 0. The second kappa shape index (κ2) is 9.40. The van der Waals surface area contributed by atoms with Crippen molar-refractivity contribution in [2.75, 3.05) is 19.6 Å². The average molecular weight is 303 g/mol. The van der Waals surface area contributed by atoms with Crippen LogP contribution in [0.15, 0.2) is 29.2 Å². The Kier molecular flexibility index (Phi) is 8.69. The van der Waals surface area contributed by atoms with Gasteiger partial charge in [0.2, 0.25) is 10.0 Å². The molecule has 0 amide bonds. The average Bonchev–Trinajstić information content (AvgIpc) is 2.40. The van der Waals surface area contributed by atoms with Crippen LogP contribution >= 0.6 is 0 Å². The number of rotatable bonds is 6. The summed E-state index contributed by atoms with van der Waals surface area (Å²) in [5.41, 5.74) is -0.242. The first-order valence-electron chi connectivity index (χ1n) is 6.33. The summed E-state index contributed by atoms with van der Waals surface area (Å²) in [5, 5.41) is 13.5. The third-order valence-corrected chi connectivity index (χ3v) is 3.72. The van der Waals surface area contributed by atoms with Crippen molar-refractivity contribution in [3.8, 4) is 0 Å². The SMILES string of the molecule is CCNCC.CCNS(=O)(=O)c1cccc([N+](=O)[O-])c1. The van der Waals surface area contributed by atoms with E-state index in [1.165, 1.54) is 18.2 Å². The fraction of sp³-hybridized carbons (Fsp3) is 0.500. The van der Waals surface area contributed by atoms with Crippen LogP contribution in [0.4, 0.5) is 5.69 Å². The van der Waals surface area contributed by atoms with E-state index in [4.69, 9.17) is 0 Å². The number of hydrogen-bond acceptors (Lipinski definition) is 5. The van der Waals surface area contributed by atoms with Crippen molar-refractivity contribution in [3.63, 3.8) is 0 Å². The summed E-state index contributed by atoms with van der Waals surface area (Å²) in [6.45, 7) is 8.26. The molecule has 0 spiro atoms. The fourth-order valence-electron chi connectivity index (χ4n) is 1.29. The summed E-state index contributed by atoms with van der Waals surface area (Å²) in [7, 11) is -3.62. The van der Waals surface area contributed by atoms with Gasteiger partial charge in [-0.15, -0.1) is 0 Å². The minimum Gasteiger partial charge on any atom is -0.317 e. The monoisotopic (exact) mass is 303 g/mol. The molecule has 2 N–H and O–H groups in total. The third-order valence-electron chi connectivity index (χ3n) is 2.17. The van der Waals surface area contributed by atoms with Gasteiger partial charge in [0, 0.05) is 18.7 Å². The Morgan fingerprint density at radius 2 is 1.75 bits per heavy atom. The molecule has 0 radical (unpaired) electrons. The number of non-ortho nitro benzene ring substituents is 1. The predicted molar refractivity (Wildman–Crippen MR) is 78.2 cm³/mol. The minimum atomic E-state index is -3.62. The van der Waals surface area contributed by atoms with Crippen LogP contribution in [-0.4, -0.2) is 33.0 Å². The van der Waals surface area contributed by atoms with Gasteiger partial charge in [-0.3, -0.25) is 10.1 Å². The predicted octanol–water partition coefficient (Wildman–Crippen LogP) is 1.51. The first kappa shape index (κ1) is 18.5. The van der Waals surface area contributed by atoms with Crippen LogP contribution < -0.4 is 10.0 Å². The van der Waals surface area contributed by atoms with Crippen molar-refractivity contribution in [1.82, 2.24) is 10.0 Å². The first-order chi connectivity index (χ1) is 9.38. The molecule has 20 heavy (non-hydrogen) atoms. The molecule has 114 valence electrons. The molecular formula is C12H21N3O4S. The van der Waals surface area contributed by atoms with Crippen molar-refractivity contribution in [2.24, 2.45) is 0 Å². The summed E-state index contributed by atoms with van der Waals surface area (Å²) < 4.78 is 25.2. The van der Waals surface area contributed by atoms with Crippen molar-refractivity contribution in [1.29, 1.82) is 0 Å².